The van der Waals surface area contributed by atoms with Crippen LogP contribution in [0.2, 0.25) is 15.1 Å². The molecule has 484 valence electrons. The van der Waals surface area contributed by atoms with Gasteiger partial charge in [-0.2, -0.15) is 0 Å². The highest BCUT2D eigenvalue weighted by molar-refractivity contribution is 6.31. The molecule has 0 unspecified atom stereocenters. The van der Waals surface area contributed by atoms with E-state index in [0.29, 0.717) is 40.8 Å². The van der Waals surface area contributed by atoms with Crippen LogP contribution in [0.1, 0.15) is 87.1 Å². The van der Waals surface area contributed by atoms with E-state index in [4.69, 9.17) is 53.8 Å². The van der Waals surface area contributed by atoms with E-state index >= 15 is 0 Å². The summed E-state index contributed by atoms with van der Waals surface area (Å²) in [7, 11) is 1.47. The van der Waals surface area contributed by atoms with E-state index in [1.54, 1.807) is 30.3 Å². The van der Waals surface area contributed by atoms with Crippen LogP contribution in [0, 0.1) is 0 Å². The van der Waals surface area contributed by atoms with Crippen LogP contribution in [0.4, 0.5) is 14.4 Å². The maximum atomic E-state index is 12.9. The number of esters is 1. The van der Waals surface area contributed by atoms with Crippen LogP contribution in [-0.4, -0.2) is 108 Å². The van der Waals surface area contributed by atoms with Crippen molar-refractivity contribution in [2.45, 2.75) is 74.4 Å². The number of benzene rings is 9. The molecule has 95 heavy (non-hydrogen) atoms. The number of aliphatic carboxylic acids is 2. The number of nitrogens with zero attached hydrogens (tertiary/aromatic N) is 2. The number of hydrogen-bond donors (Lipinski definition) is 3. The number of carbonyl (C=O) groups excluding carboxylic acids is 4. The van der Waals surface area contributed by atoms with E-state index in [9.17, 15) is 39.0 Å². The summed E-state index contributed by atoms with van der Waals surface area (Å²) in [6.07, 6.45) is 0.590. The quantitative estimate of drug-likeness (QED) is 0.0512. The molecule has 1 saturated heterocycles. The molecule has 18 heteroatoms. The summed E-state index contributed by atoms with van der Waals surface area (Å²) in [4.78, 5) is 76.3. The van der Waals surface area contributed by atoms with Gasteiger partial charge in [0.2, 0.25) is 0 Å². The average Bonchev–Trinajstić information content (AvgIpc) is 1.63. The van der Waals surface area contributed by atoms with Crippen molar-refractivity contribution in [2.24, 2.45) is 0 Å². The summed E-state index contributed by atoms with van der Waals surface area (Å²) >= 11 is 18.0. The van der Waals surface area contributed by atoms with E-state index in [1.807, 2.05) is 140 Å². The maximum Gasteiger partial charge on any atom is 0.413 e. The molecule has 9 aromatic rings. The molecule has 0 saturated carbocycles. The molecule has 3 aliphatic carbocycles. The minimum atomic E-state index is -1.10. The molecule has 3 amide bonds. The minimum Gasteiger partial charge on any atom is -0.480 e. The van der Waals surface area contributed by atoms with E-state index in [1.165, 1.54) is 28.0 Å². The predicted molar refractivity (Wildman–Crippen MR) is 365 cm³/mol. The highest BCUT2D eigenvalue weighted by Crippen LogP contribution is 2.47. The highest BCUT2D eigenvalue weighted by atomic mass is 35.5. The number of carboxylic acids is 2. The number of likely N-dealkylation sites (N-methyl/N-ethyl adjacent to an activating group) is 1. The van der Waals surface area contributed by atoms with Gasteiger partial charge in [-0.15, -0.1) is 0 Å². The largest absolute Gasteiger partial charge is 0.480 e. The first-order valence-corrected chi connectivity index (χ1v) is 32.4. The molecule has 13 rings (SSSR count). The number of nitrogens with one attached hydrogen (secondary N) is 1. The first-order valence-electron chi connectivity index (χ1n) is 31.3. The number of amides is 3. The first-order chi connectivity index (χ1) is 46.1. The minimum absolute atomic E-state index is 0.0320. The van der Waals surface area contributed by atoms with Crippen molar-refractivity contribution in [2.75, 3.05) is 33.6 Å². The van der Waals surface area contributed by atoms with Crippen molar-refractivity contribution in [3.63, 3.8) is 0 Å². The van der Waals surface area contributed by atoms with Gasteiger partial charge in [0.05, 0.1) is 0 Å². The lowest BCUT2D eigenvalue weighted by atomic mass is 9.98. The fourth-order valence-corrected chi connectivity index (χ4v) is 13.6. The number of alkyl carbamates (subject to hydrolysis) is 1. The van der Waals surface area contributed by atoms with Gasteiger partial charge in [-0.1, -0.05) is 217 Å². The van der Waals surface area contributed by atoms with Crippen LogP contribution < -0.4 is 5.32 Å². The van der Waals surface area contributed by atoms with Gasteiger partial charge in [0.15, 0.2) is 6.73 Å². The normalized spacial score (nSPS) is 14.5. The monoisotopic (exact) mass is 1330 g/mol. The Morgan fingerprint density at radius 2 is 0.863 bits per heavy atom. The number of fused-ring (bicyclic) bond motifs is 9. The van der Waals surface area contributed by atoms with E-state index < -0.39 is 54.3 Å². The van der Waals surface area contributed by atoms with Gasteiger partial charge in [-0.05, 0) is 158 Å². The van der Waals surface area contributed by atoms with Crippen molar-refractivity contribution >= 4 is 71.0 Å². The summed E-state index contributed by atoms with van der Waals surface area (Å²) in [5.74, 6) is -2.75. The molecule has 15 nitrogen and oxygen atoms in total. The van der Waals surface area contributed by atoms with Gasteiger partial charge in [0, 0.05) is 39.9 Å². The van der Waals surface area contributed by atoms with Crippen LogP contribution in [0.15, 0.2) is 218 Å². The Kier molecular flexibility index (Phi) is 21.6. The molecule has 0 bridgehead atoms. The fraction of sp³-hybridized carbons (Fsp3) is 0.221. The van der Waals surface area contributed by atoms with Crippen molar-refractivity contribution < 1.29 is 57.9 Å². The number of halogens is 3. The average molecular weight is 1330 g/mol. The van der Waals surface area contributed by atoms with Gasteiger partial charge in [-0.25, -0.2) is 28.8 Å². The van der Waals surface area contributed by atoms with Crippen molar-refractivity contribution in [1.29, 1.82) is 0 Å². The van der Waals surface area contributed by atoms with Gasteiger partial charge in [0.25, 0.3) is 0 Å². The number of aryl methyl sites for hydroxylation is 3. The number of carboxylic acid groups (broad SMARTS) is 2. The Morgan fingerprint density at radius 1 is 0.495 bits per heavy atom. The zero-order chi connectivity index (χ0) is 66.5. The molecule has 1 fully saturated rings. The lowest BCUT2D eigenvalue weighted by Crippen LogP contribution is -2.43. The molecule has 0 radical (unpaired) electrons. The molecular formula is C77H68Cl3N3O12. The smallest absolute Gasteiger partial charge is 0.413 e. The number of cyclic esters (lactones) is 1. The van der Waals surface area contributed by atoms with E-state index in [2.05, 4.69) is 53.8 Å². The lowest BCUT2D eigenvalue weighted by Gasteiger charge is -2.25. The van der Waals surface area contributed by atoms with E-state index in [0.717, 1.165) is 72.3 Å². The van der Waals surface area contributed by atoms with Crippen LogP contribution in [0.5, 0.6) is 0 Å². The summed E-state index contributed by atoms with van der Waals surface area (Å²) in [6.45, 7) is 0.409. The first kappa shape index (κ1) is 66.5. The van der Waals surface area contributed by atoms with Gasteiger partial charge in [-0.3, -0.25) is 9.80 Å². The topological polar surface area (TPSA) is 198 Å². The van der Waals surface area contributed by atoms with Crippen molar-refractivity contribution in [1.82, 2.24) is 15.1 Å². The standard InChI is InChI=1S/C26H22ClNO4.C26H24ClNO4.C25H22ClNO4/c27-18-7-5-6-17(14-18)12-13-24-25(29)32-16-28(24)26(30)31-15-23-21-10-3-1-8-19(21)20-9-2-4-11-22(20)23;1-28(24(25(29)30)14-13-17-7-6-8-18(27)15-17)26(31)32-16-23-21-11-4-2-9-19(21)20-10-3-5-12-22(20)23;26-17-7-5-6-16(14-17)12-13-23(24(28)29)27-25(30)31-15-22-20-10-3-1-8-18(20)19-9-2-4-11-21(19)22/h1-11,14,23-24H,12-13,15-16H2;2-12,15,23-24H,13-14,16H2,1H3,(H,29,30);1-11,14,22-23H,12-13,15H2,(H,27,30)(H,28,29)/t2*24-;23-/m000/s1. The number of rotatable bonds is 19. The molecule has 3 N–H and O–H groups in total. The molecular weight excluding hydrogens is 1270 g/mol. The van der Waals surface area contributed by atoms with Gasteiger partial charge < -0.3 is 34.5 Å². The molecule has 9 aromatic carbocycles. The highest BCUT2D eigenvalue weighted by Gasteiger charge is 2.40. The Labute approximate surface area is 565 Å². The summed E-state index contributed by atoms with van der Waals surface area (Å²) in [5.41, 5.74) is 16.5. The molecule has 4 aliphatic rings. The molecule has 1 aliphatic heterocycles. The van der Waals surface area contributed by atoms with E-state index in [-0.39, 0.29) is 57.1 Å². The second-order valence-corrected chi connectivity index (χ2v) is 24.8. The summed E-state index contributed by atoms with van der Waals surface area (Å²) in [6, 6.07) is 67.9. The second-order valence-electron chi connectivity index (χ2n) is 23.5. The third-order valence-corrected chi connectivity index (χ3v) is 18.4. The third-order valence-electron chi connectivity index (χ3n) is 17.7. The third kappa shape index (κ3) is 15.8. The van der Waals surface area contributed by atoms with Crippen LogP contribution in [0.25, 0.3) is 33.4 Å². The number of ether oxygens (including phenoxy) is 4. The van der Waals surface area contributed by atoms with Crippen LogP contribution in [-0.2, 0) is 52.6 Å². The molecule has 0 spiro atoms. The fourth-order valence-electron chi connectivity index (χ4n) is 12.9. The van der Waals surface area contributed by atoms with Gasteiger partial charge >= 0.3 is 36.2 Å². The Bertz CT molecular complexity index is 4110. The SMILES string of the molecule is CN(C(=O)OCC1c2ccccc2-c2ccccc21)[C@@H](CCc1cccc(Cl)c1)C(=O)O.O=C(N[C@@H](CCc1cccc(Cl)c1)C(=O)O)OCC1c2ccccc2-c2ccccc21.O=C1OCN(C(=O)OCC2c3ccccc3-c3ccccc32)[C@H]1CCc1cccc(Cl)c1. The zero-order valence-corrected chi connectivity index (χ0v) is 54.1. The van der Waals surface area contributed by atoms with Gasteiger partial charge in [0.1, 0.15) is 37.9 Å². The number of carbonyl (C=O) groups is 6. The molecule has 0 aromatic heterocycles. The second kappa shape index (κ2) is 30.9. The van der Waals surface area contributed by atoms with Crippen molar-refractivity contribution in [3.05, 3.63) is 284 Å². The van der Waals surface area contributed by atoms with Crippen LogP contribution >= 0.6 is 34.8 Å². The lowest BCUT2D eigenvalue weighted by molar-refractivity contribution is -0.142. The zero-order valence-electron chi connectivity index (χ0n) is 51.8. The predicted octanol–water partition coefficient (Wildman–Crippen LogP) is 16.3. The van der Waals surface area contributed by atoms with Crippen LogP contribution in [0.3, 0.4) is 0 Å². The molecule has 1 heterocycles. The Morgan fingerprint density at radius 3 is 1.25 bits per heavy atom. The maximum absolute atomic E-state index is 12.9. The summed E-state index contributed by atoms with van der Waals surface area (Å²) < 4.78 is 21.9. The summed E-state index contributed by atoms with van der Waals surface area (Å²) in [5, 5.41) is 23.5. The Balaban J connectivity index is 0.000000145. The number of hydrogen-bond acceptors (Lipinski definition) is 10. The molecule has 3 atom stereocenters. The Hall–Kier alpha value is -9.93. The van der Waals surface area contributed by atoms with Crippen molar-refractivity contribution in [3.8, 4) is 33.4 Å².